The molecule has 2 amide bonds. The Morgan fingerprint density at radius 1 is 0.806 bits per heavy atom. The van der Waals surface area contributed by atoms with Crippen molar-refractivity contribution < 1.29 is 33.3 Å². The number of nitrogens with zero attached hydrogens (tertiary/aromatic N) is 1. The summed E-state index contributed by atoms with van der Waals surface area (Å²) in [5.41, 5.74) is 9.29. The molecule has 0 saturated carbocycles. The standard InChI is InChI=1S/C26H35N3O7/c1-29(18-24(30)28-19-35-17-16-34-15-14-33-13-12-32-11-10-27)26(31)36-25-22-8-4-2-6-20(22)21-7-3-5-9-23(21)25/h2-9,25H,10-19,27H2,1H3,(H,28,30). The fourth-order valence-electron chi connectivity index (χ4n) is 3.71. The second-order valence-corrected chi connectivity index (χ2v) is 8.07. The maximum absolute atomic E-state index is 12.7. The van der Waals surface area contributed by atoms with E-state index in [0.717, 1.165) is 22.3 Å². The number of nitrogens with one attached hydrogen (secondary N) is 1. The number of hydrogen-bond donors (Lipinski definition) is 2. The highest BCUT2D eigenvalue weighted by Gasteiger charge is 2.32. The average Bonchev–Trinajstić information content (AvgIpc) is 3.20. The lowest BCUT2D eigenvalue weighted by Crippen LogP contribution is -2.39. The number of carbonyl (C=O) groups is 2. The third-order valence-electron chi connectivity index (χ3n) is 5.44. The van der Waals surface area contributed by atoms with Crippen LogP contribution in [0.4, 0.5) is 4.79 Å². The first-order valence-corrected chi connectivity index (χ1v) is 12.0. The van der Waals surface area contributed by atoms with Crippen molar-refractivity contribution in [1.82, 2.24) is 10.2 Å². The molecule has 196 valence electrons. The summed E-state index contributed by atoms with van der Waals surface area (Å²) in [6, 6.07) is 15.7. The van der Waals surface area contributed by atoms with Gasteiger partial charge < -0.3 is 39.6 Å². The number of nitrogens with two attached hydrogens (primary N) is 1. The number of ether oxygens (including phenoxy) is 5. The van der Waals surface area contributed by atoms with Crippen molar-refractivity contribution in [3.05, 3.63) is 59.7 Å². The van der Waals surface area contributed by atoms with Crippen molar-refractivity contribution in [2.45, 2.75) is 6.10 Å². The third kappa shape index (κ3) is 8.28. The first-order chi connectivity index (χ1) is 17.6. The van der Waals surface area contributed by atoms with E-state index in [9.17, 15) is 9.59 Å². The molecular formula is C26H35N3O7. The monoisotopic (exact) mass is 501 g/mol. The first-order valence-electron chi connectivity index (χ1n) is 12.0. The van der Waals surface area contributed by atoms with E-state index in [4.69, 9.17) is 29.4 Å². The second kappa shape index (κ2) is 15.2. The van der Waals surface area contributed by atoms with Gasteiger partial charge in [0.2, 0.25) is 5.91 Å². The van der Waals surface area contributed by atoms with Gasteiger partial charge in [-0.1, -0.05) is 48.5 Å². The van der Waals surface area contributed by atoms with E-state index in [1.807, 2.05) is 48.5 Å². The molecule has 0 heterocycles. The van der Waals surface area contributed by atoms with E-state index in [2.05, 4.69) is 5.32 Å². The summed E-state index contributed by atoms with van der Waals surface area (Å²) >= 11 is 0. The Hall–Kier alpha value is -3.02. The van der Waals surface area contributed by atoms with E-state index in [1.165, 1.54) is 11.9 Å². The van der Waals surface area contributed by atoms with E-state index in [0.29, 0.717) is 52.8 Å². The van der Waals surface area contributed by atoms with Crippen LogP contribution in [-0.2, 0) is 28.5 Å². The lowest BCUT2D eigenvalue weighted by atomic mass is 10.1. The minimum atomic E-state index is -0.580. The van der Waals surface area contributed by atoms with Gasteiger partial charge in [0.1, 0.15) is 13.3 Å². The van der Waals surface area contributed by atoms with Gasteiger partial charge in [-0.2, -0.15) is 0 Å². The van der Waals surface area contributed by atoms with Gasteiger partial charge in [0.15, 0.2) is 6.10 Å². The average molecular weight is 502 g/mol. The molecule has 36 heavy (non-hydrogen) atoms. The smallest absolute Gasteiger partial charge is 0.410 e. The predicted molar refractivity (Wildman–Crippen MR) is 133 cm³/mol. The molecule has 1 aliphatic carbocycles. The molecule has 0 aromatic heterocycles. The minimum absolute atomic E-state index is 0.0173. The molecule has 0 fully saturated rings. The van der Waals surface area contributed by atoms with E-state index < -0.39 is 12.2 Å². The second-order valence-electron chi connectivity index (χ2n) is 8.07. The molecule has 10 nitrogen and oxygen atoms in total. The zero-order valence-corrected chi connectivity index (χ0v) is 20.6. The van der Waals surface area contributed by atoms with Gasteiger partial charge in [0.25, 0.3) is 0 Å². The SMILES string of the molecule is CN(CC(=O)NCOCCOCCOCCOCCN)C(=O)OC1c2ccccc2-c2ccccc21. The molecule has 10 heteroatoms. The maximum Gasteiger partial charge on any atom is 0.410 e. The molecule has 0 unspecified atom stereocenters. The first kappa shape index (κ1) is 27.6. The highest BCUT2D eigenvalue weighted by atomic mass is 16.6. The third-order valence-corrected chi connectivity index (χ3v) is 5.44. The molecule has 0 spiro atoms. The topological polar surface area (TPSA) is 122 Å². The van der Waals surface area contributed by atoms with Crippen LogP contribution in [0.2, 0.25) is 0 Å². The van der Waals surface area contributed by atoms with Crippen LogP contribution in [0.1, 0.15) is 17.2 Å². The predicted octanol–water partition coefficient (Wildman–Crippen LogP) is 1.92. The molecule has 3 N–H and O–H groups in total. The van der Waals surface area contributed by atoms with Gasteiger partial charge in [0, 0.05) is 24.7 Å². The Kier molecular flexibility index (Phi) is 11.6. The minimum Gasteiger partial charge on any atom is -0.436 e. The Balaban J connectivity index is 1.27. The summed E-state index contributed by atoms with van der Waals surface area (Å²) in [5, 5.41) is 2.62. The van der Waals surface area contributed by atoms with Crippen LogP contribution >= 0.6 is 0 Å². The van der Waals surface area contributed by atoms with Crippen molar-refractivity contribution in [2.75, 3.05) is 73.1 Å². The summed E-state index contributed by atoms with van der Waals surface area (Å²) < 4.78 is 27.0. The molecular weight excluding hydrogens is 466 g/mol. The lowest BCUT2D eigenvalue weighted by Gasteiger charge is -2.21. The summed E-state index contributed by atoms with van der Waals surface area (Å²) in [4.78, 5) is 26.1. The zero-order chi connectivity index (χ0) is 25.6. The number of amides is 2. The number of carbonyl (C=O) groups excluding carboxylic acids is 2. The molecule has 2 aromatic rings. The highest BCUT2D eigenvalue weighted by molar-refractivity contribution is 5.83. The molecule has 0 aliphatic heterocycles. The fraction of sp³-hybridized carbons (Fsp3) is 0.462. The van der Waals surface area contributed by atoms with E-state index in [-0.39, 0.29) is 19.2 Å². The summed E-state index contributed by atoms with van der Waals surface area (Å²) in [6.45, 7) is 3.49. The van der Waals surface area contributed by atoms with Crippen LogP contribution in [0.25, 0.3) is 11.1 Å². The van der Waals surface area contributed by atoms with Crippen LogP contribution < -0.4 is 11.1 Å². The number of benzene rings is 2. The largest absolute Gasteiger partial charge is 0.436 e. The Morgan fingerprint density at radius 3 is 1.86 bits per heavy atom. The van der Waals surface area contributed by atoms with Gasteiger partial charge >= 0.3 is 6.09 Å². The molecule has 0 bridgehead atoms. The zero-order valence-electron chi connectivity index (χ0n) is 20.6. The lowest BCUT2D eigenvalue weighted by molar-refractivity contribution is -0.123. The maximum atomic E-state index is 12.7. The van der Waals surface area contributed by atoms with Crippen molar-refractivity contribution >= 4 is 12.0 Å². The van der Waals surface area contributed by atoms with Crippen molar-refractivity contribution in [1.29, 1.82) is 0 Å². The molecule has 2 aromatic carbocycles. The quantitative estimate of drug-likeness (QED) is 0.264. The number of rotatable bonds is 16. The molecule has 0 radical (unpaired) electrons. The fourth-order valence-corrected chi connectivity index (χ4v) is 3.71. The van der Waals surface area contributed by atoms with Gasteiger partial charge in [0.05, 0.1) is 46.2 Å². The van der Waals surface area contributed by atoms with Crippen molar-refractivity contribution in [2.24, 2.45) is 5.73 Å². The number of fused-ring (bicyclic) bond motifs is 3. The van der Waals surface area contributed by atoms with Crippen LogP contribution in [0.3, 0.4) is 0 Å². The van der Waals surface area contributed by atoms with Crippen LogP contribution in [0.15, 0.2) is 48.5 Å². The number of hydrogen-bond acceptors (Lipinski definition) is 8. The normalized spacial score (nSPS) is 12.2. The van der Waals surface area contributed by atoms with E-state index in [1.54, 1.807) is 0 Å². The van der Waals surface area contributed by atoms with Crippen LogP contribution in [0, 0.1) is 0 Å². The van der Waals surface area contributed by atoms with Gasteiger partial charge in [-0.05, 0) is 11.1 Å². The highest BCUT2D eigenvalue weighted by Crippen LogP contribution is 2.45. The Labute approximate surface area is 211 Å². The van der Waals surface area contributed by atoms with E-state index >= 15 is 0 Å². The summed E-state index contributed by atoms with van der Waals surface area (Å²) in [7, 11) is 1.52. The van der Waals surface area contributed by atoms with Gasteiger partial charge in [-0.3, -0.25) is 4.79 Å². The summed E-state index contributed by atoms with van der Waals surface area (Å²) in [5.74, 6) is -0.354. The van der Waals surface area contributed by atoms with Crippen molar-refractivity contribution in [3.63, 3.8) is 0 Å². The molecule has 0 atom stereocenters. The molecule has 0 saturated heterocycles. The molecule has 1 aliphatic rings. The van der Waals surface area contributed by atoms with Crippen molar-refractivity contribution in [3.8, 4) is 11.1 Å². The Bertz CT molecular complexity index is 927. The van der Waals surface area contributed by atoms with Gasteiger partial charge in [-0.25, -0.2) is 4.79 Å². The molecule has 3 rings (SSSR count). The summed E-state index contributed by atoms with van der Waals surface area (Å²) in [6.07, 6.45) is -1.09. The number of likely N-dealkylation sites (N-methyl/N-ethyl adjacent to an activating group) is 1. The van der Waals surface area contributed by atoms with Crippen LogP contribution in [-0.4, -0.2) is 90.0 Å². The Morgan fingerprint density at radius 2 is 1.31 bits per heavy atom. The van der Waals surface area contributed by atoms with Gasteiger partial charge in [-0.15, -0.1) is 0 Å². The van der Waals surface area contributed by atoms with Crippen LogP contribution in [0.5, 0.6) is 0 Å².